The smallest absolute Gasteiger partial charge is 0.123 e. The number of anilines is 1. The predicted molar refractivity (Wildman–Crippen MR) is 109 cm³/mol. The second kappa shape index (κ2) is 9.50. The summed E-state index contributed by atoms with van der Waals surface area (Å²) in [6, 6.07) is 15.0. The number of nitrogens with one attached hydrogen (secondary N) is 1. The van der Waals surface area contributed by atoms with Crippen molar-refractivity contribution in [2.24, 2.45) is 0 Å². The zero-order valence-electron chi connectivity index (χ0n) is 16.4. The Labute approximate surface area is 153 Å². The first-order valence-electron chi connectivity index (χ1n) is 9.68. The van der Waals surface area contributed by atoms with Crippen LogP contribution in [0.25, 0.3) is 0 Å². The number of hydrogen-bond donors (Lipinski definition) is 1. The summed E-state index contributed by atoms with van der Waals surface area (Å²) in [5.41, 5.74) is 5.25. The topological polar surface area (TPSA) is 21.3 Å². The summed E-state index contributed by atoms with van der Waals surface area (Å²) < 4.78 is 6.39. The van der Waals surface area contributed by atoms with Crippen molar-refractivity contribution in [3.8, 4) is 5.75 Å². The molecule has 0 aliphatic carbocycles. The largest absolute Gasteiger partial charge is 0.488 e. The van der Waals surface area contributed by atoms with Crippen LogP contribution in [0.15, 0.2) is 42.5 Å². The van der Waals surface area contributed by atoms with Gasteiger partial charge in [0.2, 0.25) is 0 Å². The summed E-state index contributed by atoms with van der Waals surface area (Å²) in [6.45, 7) is 11.9. The Hall–Kier alpha value is -1.96. The summed E-state index contributed by atoms with van der Waals surface area (Å²) >= 11 is 0. The number of hydrogen-bond acceptors (Lipinski definition) is 2. The lowest BCUT2D eigenvalue weighted by molar-refractivity contribution is 0.207. The van der Waals surface area contributed by atoms with Crippen LogP contribution in [0.3, 0.4) is 0 Å². The first-order chi connectivity index (χ1) is 12.1. The van der Waals surface area contributed by atoms with Gasteiger partial charge in [-0.05, 0) is 54.9 Å². The minimum atomic E-state index is 0.162. The molecule has 136 valence electrons. The van der Waals surface area contributed by atoms with E-state index in [1.54, 1.807) is 0 Å². The van der Waals surface area contributed by atoms with Crippen LogP contribution in [-0.4, -0.2) is 12.6 Å². The lowest BCUT2D eigenvalue weighted by Gasteiger charge is -2.23. The Morgan fingerprint density at radius 2 is 1.72 bits per heavy atom. The highest BCUT2D eigenvalue weighted by atomic mass is 16.5. The van der Waals surface area contributed by atoms with E-state index in [-0.39, 0.29) is 6.10 Å². The minimum Gasteiger partial charge on any atom is -0.488 e. The molecule has 0 aromatic heterocycles. The molecule has 1 N–H and O–H groups in total. The molecular formula is C23H33NO. The van der Waals surface area contributed by atoms with Gasteiger partial charge < -0.3 is 10.1 Å². The molecule has 0 spiro atoms. The highest BCUT2D eigenvalue weighted by Crippen LogP contribution is 2.29. The van der Waals surface area contributed by atoms with Crippen molar-refractivity contribution in [1.29, 1.82) is 0 Å². The minimum absolute atomic E-state index is 0.162. The van der Waals surface area contributed by atoms with Crippen molar-refractivity contribution in [2.75, 3.05) is 11.9 Å². The molecule has 0 radical (unpaired) electrons. The quantitative estimate of drug-likeness (QED) is 0.575. The van der Waals surface area contributed by atoms with Crippen LogP contribution in [0.4, 0.5) is 5.69 Å². The molecule has 2 unspecified atom stereocenters. The molecular weight excluding hydrogens is 306 g/mol. The fourth-order valence-corrected chi connectivity index (χ4v) is 3.16. The first kappa shape index (κ1) is 19.4. The van der Waals surface area contributed by atoms with Crippen molar-refractivity contribution in [3.63, 3.8) is 0 Å². The molecule has 0 heterocycles. The molecule has 0 fully saturated rings. The van der Waals surface area contributed by atoms with Gasteiger partial charge in [0.1, 0.15) is 11.9 Å². The first-order valence-corrected chi connectivity index (χ1v) is 9.68. The van der Waals surface area contributed by atoms with Crippen LogP contribution >= 0.6 is 0 Å². The van der Waals surface area contributed by atoms with Gasteiger partial charge >= 0.3 is 0 Å². The van der Waals surface area contributed by atoms with Crippen molar-refractivity contribution in [2.45, 2.75) is 65.9 Å². The molecule has 2 rings (SSSR count). The maximum Gasteiger partial charge on any atom is 0.123 e. The Bertz CT molecular complexity index is 665. The summed E-state index contributed by atoms with van der Waals surface area (Å²) in [4.78, 5) is 0. The number of rotatable bonds is 9. The zero-order valence-corrected chi connectivity index (χ0v) is 16.4. The zero-order chi connectivity index (χ0) is 18.2. The standard InChI is InChI=1S/C23H33NO/c1-6-17(4)21-14-9-10-15-22(21)25-20(8-3)16-24-23-18(5)12-11-13-19(23)7-2/h9-15,17,20,24H,6-8,16H2,1-5H3. The molecule has 0 aliphatic rings. The third-order valence-corrected chi connectivity index (χ3v) is 5.06. The van der Waals surface area contributed by atoms with E-state index in [4.69, 9.17) is 4.74 Å². The van der Waals surface area contributed by atoms with Crippen molar-refractivity contribution in [1.82, 2.24) is 0 Å². The molecule has 0 bridgehead atoms. The Morgan fingerprint density at radius 1 is 0.960 bits per heavy atom. The molecule has 0 aliphatic heterocycles. The van der Waals surface area contributed by atoms with Gasteiger partial charge in [0.15, 0.2) is 0 Å². The molecule has 25 heavy (non-hydrogen) atoms. The molecule has 2 atom stereocenters. The maximum absolute atomic E-state index is 6.39. The SMILES string of the molecule is CCc1cccc(C)c1NCC(CC)Oc1ccccc1C(C)CC. The Morgan fingerprint density at radius 3 is 2.40 bits per heavy atom. The lowest BCUT2D eigenvalue weighted by Crippen LogP contribution is -2.26. The number of aryl methyl sites for hydroxylation is 2. The summed E-state index contributed by atoms with van der Waals surface area (Å²) in [5, 5.41) is 3.64. The van der Waals surface area contributed by atoms with E-state index in [0.29, 0.717) is 5.92 Å². The predicted octanol–water partition coefficient (Wildman–Crippen LogP) is 6.34. The highest BCUT2D eigenvalue weighted by Gasteiger charge is 2.15. The van der Waals surface area contributed by atoms with Crippen LogP contribution in [-0.2, 0) is 6.42 Å². The number of para-hydroxylation sites is 2. The van der Waals surface area contributed by atoms with E-state index in [2.05, 4.69) is 82.4 Å². The normalized spacial score (nSPS) is 13.3. The lowest BCUT2D eigenvalue weighted by atomic mass is 9.98. The average Bonchev–Trinajstić information content (AvgIpc) is 2.65. The maximum atomic E-state index is 6.39. The van der Waals surface area contributed by atoms with Crippen molar-refractivity contribution in [3.05, 3.63) is 59.2 Å². The third kappa shape index (κ3) is 5.01. The molecule has 0 amide bonds. The number of ether oxygens (including phenoxy) is 1. The van der Waals surface area contributed by atoms with E-state index in [1.807, 2.05) is 0 Å². The van der Waals surface area contributed by atoms with E-state index in [1.165, 1.54) is 22.4 Å². The van der Waals surface area contributed by atoms with Gasteiger partial charge in [0, 0.05) is 5.69 Å². The van der Waals surface area contributed by atoms with Crippen LogP contribution < -0.4 is 10.1 Å². The third-order valence-electron chi connectivity index (χ3n) is 5.06. The van der Waals surface area contributed by atoms with E-state index in [0.717, 1.165) is 31.6 Å². The van der Waals surface area contributed by atoms with Gasteiger partial charge in [0.05, 0.1) is 6.54 Å². The second-order valence-corrected chi connectivity index (χ2v) is 6.84. The van der Waals surface area contributed by atoms with Gasteiger partial charge in [-0.1, -0.05) is 64.1 Å². The highest BCUT2D eigenvalue weighted by molar-refractivity contribution is 5.57. The molecule has 0 saturated heterocycles. The molecule has 0 saturated carbocycles. The Balaban J connectivity index is 2.10. The second-order valence-electron chi connectivity index (χ2n) is 6.84. The summed E-state index contributed by atoms with van der Waals surface area (Å²) in [7, 11) is 0. The fraction of sp³-hybridized carbons (Fsp3) is 0.478. The van der Waals surface area contributed by atoms with E-state index >= 15 is 0 Å². The summed E-state index contributed by atoms with van der Waals surface area (Å²) in [6.07, 6.45) is 3.31. The van der Waals surface area contributed by atoms with E-state index in [9.17, 15) is 0 Å². The molecule has 2 heteroatoms. The molecule has 2 nitrogen and oxygen atoms in total. The van der Waals surface area contributed by atoms with Crippen LogP contribution in [0.2, 0.25) is 0 Å². The van der Waals surface area contributed by atoms with Gasteiger partial charge in [0.25, 0.3) is 0 Å². The van der Waals surface area contributed by atoms with Gasteiger partial charge in [-0.15, -0.1) is 0 Å². The van der Waals surface area contributed by atoms with Gasteiger partial charge in [-0.2, -0.15) is 0 Å². The van der Waals surface area contributed by atoms with Crippen molar-refractivity contribution >= 4 is 5.69 Å². The van der Waals surface area contributed by atoms with Gasteiger partial charge in [-0.25, -0.2) is 0 Å². The van der Waals surface area contributed by atoms with Crippen LogP contribution in [0.5, 0.6) is 5.75 Å². The Kier molecular flexibility index (Phi) is 7.36. The average molecular weight is 340 g/mol. The van der Waals surface area contributed by atoms with Crippen LogP contribution in [0.1, 0.15) is 63.1 Å². The monoisotopic (exact) mass is 339 g/mol. The number of benzene rings is 2. The van der Waals surface area contributed by atoms with Crippen molar-refractivity contribution < 1.29 is 4.74 Å². The van der Waals surface area contributed by atoms with Gasteiger partial charge in [-0.3, -0.25) is 0 Å². The molecule has 2 aromatic carbocycles. The summed E-state index contributed by atoms with van der Waals surface area (Å²) in [5.74, 6) is 1.55. The molecule has 2 aromatic rings. The van der Waals surface area contributed by atoms with Crippen LogP contribution in [0, 0.1) is 6.92 Å². The van der Waals surface area contributed by atoms with E-state index < -0.39 is 0 Å². The fourth-order valence-electron chi connectivity index (χ4n) is 3.16.